The van der Waals surface area contributed by atoms with Crippen LogP contribution in [-0.2, 0) is 9.47 Å². The third-order valence-electron chi connectivity index (χ3n) is 7.62. The fourth-order valence-electron chi connectivity index (χ4n) is 5.39. The van der Waals surface area contributed by atoms with Crippen molar-refractivity contribution >= 4 is 28.9 Å². The van der Waals surface area contributed by atoms with Crippen LogP contribution in [0, 0.1) is 6.92 Å². The van der Waals surface area contributed by atoms with Crippen LogP contribution >= 0.6 is 0 Å². The molecule has 232 valence electrons. The van der Waals surface area contributed by atoms with Crippen LogP contribution in [0.3, 0.4) is 0 Å². The first kappa shape index (κ1) is 29.8. The number of imidazole rings is 1. The van der Waals surface area contributed by atoms with Crippen molar-refractivity contribution in [3.8, 4) is 17.1 Å². The van der Waals surface area contributed by atoms with Crippen molar-refractivity contribution in [1.82, 2.24) is 29.2 Å². The number of benzene rings is 1. The van der Waals surface area contributed by atoms with E-state index in [1.165, 1.54) is 4.90 Å². The number of nitrogens with zero attached hydrogens (tertiary/aromatic N) is 8. The molecular formula is C32H40N8O4. The van der Waals surface area contributed by atoms with Crippen molar-refractivity contribution in [3.63, 3.8) is 0 Å². The Kier molecular flexibility index (Phi) is 8.37. The fraction of sp³-hybridized carbons (Fsp3) is 0.469. The molecule has 0 radical (unpaired) electrons. The predicted molar refractivity (Wildman–Crippen MR) is 168 cm³/mol. The topological polar surface area (TPSA) is 110 Å². The summed E-state index contributed by atoms with van der Waals surface area (Å²) in [6, 6.07) is 6.37. The van der Waals surface area contributed by atoms with E-state index >= 15 is 0 Å². The Morgan fingerprint density at radius 1 is 1.09 bits per heavy atom. The molecule has 44 heavy (non-hydrogen) atoms. The lowest BCUT2D eigenvalue weighted by atomic mass is 10.1. The molecule has 0 spiro atoms. The molecular weight excluding hydrogens is 560 g/mol. The molecule has 12 nitrogen and oxygen atoms in total. The van der Waals surface area contributed by atoms with Crippen LogP contribution in [0.2, 0.25) is 0 Å². The molecule has 12 heteroatoms. The third kappa shape index (κ3) is 6.31. The number of ether oxygens (including phenoxy) is 3. The molecule has 6 rings (SSSR count). The smallest absolute Gasteiger partial charge is 0.420 e. The van der Waals surface area contributed by atoms with Gasteiger partial charge in [-0.25, -0.2) is 24.6 Å². The number of fused-ring (bicyclic) bond motifs is 1. The quantitative estimate of drug-likeness (QED) is 0.278. The zero-order valence-corrected chi connectivity index (χ0v) is 26.1. The molecule has 0 saturated carbocycles. The van der Waals surface area contributed by atoms with Gasteiger partial charge in [0.15, 0.2) is 11.5 Å². The molecule has 2 fully saturated rings. The number of amides is 1. The number of carbonyl (C=O) groups excluding carboxylic acids is 1. The van der Waals surface area contributed by atoms with E-state index in [2.05, 4.69) is 31.7 Å². The van der Waals surface area contributed by atoms with Crippen LogP contribution in [0.1, 0.15) is 39.8 Å². The lowest BCUT2D eigenvalue weighted by Crippen LogP contribution is -2.56. The summed E-state index contributed by atoms with van der Waals surface area (Å²) in [5.41, 5.74) is 3.20. The average Bonchev–Trinajstić information content (AvgIpc) is 3.44. The van der Waals surface area contributed by atoms with Gasteiger partial charge in [-0.15, -0.1) is 0 Å². The molecule has 0 atom stereocenters. The van der Waals surface area contributed by atoms with E-state index in [1.54, 1.807) is 18.6 Å². The number of aromatic nitrogens is 5. The highest BCUT2D eigenvalue weighted by molar-refractivity contribution is 5.99. The van der Waals surface area contributed by atoms with E-state index in [1.807, 2.05) is 62.7 Å². The van der Waals surface area contributed by atoms with Crippen molar-refractivity contribution in [2.75, 3.05) is 55.8 Å². The first-order valence-electron chi connectivity index (χ1n) is 15.2. The van der Waals surface area contributed by atoms with Crippen molar-refractivity contribution in [1.29, 1.82) is 0 Å². The average molecular weight is 601 g/mol. The SMILES string of the molecule is CCCOc1cc(N(C(=O)OC(C)(C)C)c2nc(-c3cncc(C)n3)cn3ccnc23)ccc1N1CCN(C2COC2)CC1. The minimum Gasteiger partial charge on any atom is -0.491 e. The normalized spacial score (nSPS) is 16.2. The lowest BCUT2D eigenvalue weighted by Gasteiger charge is -2.43. The first-order valence-corrected chi connectivity index (χ1v) is 15.2. The molecule has 2 aliphatic rings. The Labute approximate surface area is 257 Å². The molecule has 0 N–H and O–H groups in total. The molecule has 3 aromatic heterocycles. The van der Waals surface area contributed by atoms with Crippen molar-refractivity contribution in [3.05, 3.63) is 54.9 Å². The summed E-state index contributed by atoms with van der Waals surface area (Å²) in [6.45, 7) is 15.3. The standard InChI is InChI=1S/C32H40N8O4/c1-6-15-43-28-16-23(7-8-27(28)38-13-11-37(12-14-38)24-20-42-21-24)40(31(41)44-32(3,4)5)30-29-34-9-10-39(29)19-26(36-30)25-18-33-17-22(2)35-25/h7-10,16-19,24H,6,11-15,20-21H2,1-5H3. The molecule has 5 heterocycles. The second-order valence-corrected chi connectivity index (χ2v) is 12.2. The monoisotopic (exact) mass is 600 g/mol. The second kappa shape index (κ2) is 12.4. The van der Waals surface area contributed by atoms with Gasteiger partial charge < -0.3 is 23.5 Å². The van der Waals surface area contributed by atoms with Gasteiger partial charge in [0.05, 0.1) is 49.1 Å². The summed E-state index contributed by atoms with van der Waals surface area (Å²) in [4.78, 5) is 38.7. The van der Waals surface area contributed by atoms with Gasteiger partial charge in [-0.05, 0) is 46.2 Å². The molecule has 0 bridgehead atoms. The number of rotatable bonds is 8. The number of aryl methyl sites for hydroxylation is 1. The van der Waals surface area contributed by atoms with Gasteiger partial charge in [-0.1, -0.05) is 6.92 Å². The molecule has 4 aromatic rings. The summed E-state index contributed by atoms with van der Waals surface area (Å²) in [5.74, 6) is 1.02. The van der Waals surface area contributed by atoms with Gasteiger partial charge in [0.2, 0.25) is 0 Å². The lowest BCUT2D eigenvalue weighted by molar-refractivity contribution is -0.0660. The van der Waals surface area contributed by atoms with Crippen LogP contribution in [0.5, 0.6) is 5.75 Å². The second-order valence-electron chi connectivity index (χ2n) is 12.2. The Morgan fingerprint density at radius 2 is 1.89 bits per heavy atom. The van der Waals surface area contributed by atoms with Crippen molar-refractivity contribution in [2.45, 2.75) is 52.7 Å². The summed E-state index contributed by atoms with van der Waals surface area (Å²) in [5, 5.41) is 0. The van der Waals surface area contributed by atoms with Gasteiger partial charge in [-0.3, -0.25) is 9.88 Å². The van der Waals surface area contributed by atoms with Gasteiger partial charge in [0, 0.05) is 57.0 Å². The van der Waals surface area contributed by atoms with Crippen LogP contribution in [0.15, 0.2) is 49.2 Å². The molecule has 1 aromatic carbocycles. The van der Waals surface area contributed by atoms with Crippen LogP contribution in [-0.4, -0.2) is 93.0 Å². The molecule has 0 unspecified atom stereocenters. The van der Waals surface area contributed by atoms with Gasteiger partial charge >= 0.3 is 6.09 Å². The molecule has 2 aliphatic heterocycles. The summed E-state index contributed by atoms with van der Waals surface area (Å²) in [7, 11) is 0. The number of piperazine rings is 1. The van der Waals surface area contributed by atoms with E-state index in [4.69, 9.17) is 19.2 Å². The number of carbonyl (C=O) groups is 1. The van der Waals surface area contributed by atoms with E-state index in [9.17, 15) is 4.79 Å². The molecule has 0 aliphatic carbocycles. The third-order valence-corrected chi connectivity index (χ3v) is 7.62. The fourth-order valence-corrected chi connectivity index (χ4v) is 5.39. The van der Waals surface area contributed by atoms with Crippen LogP contribution < -0.4 is 14.5 Å². The number of hydrogen-bond donors (Lipinski definition) is 0. The Bertz CT molecular complexity index is 1620. The van der Waals surface area contributed by atoms with E-state index < -0.39 is 11.7 Å². The maximum Gasteiger partial charge on any atom is 0.420 e. The van der Waals surface area contributed by atoms with Crippen molar-refractivity contribution in [2.24, 2.45) is 0 Å². The summed E-state index contributed by atoms with van der Waals surface area (Å²) in [6.07, 6.45) is 8.94. The Balaban J connectivity index is 1.42. The highest BCUT2D eigenvalue weighted by Crippen LogP contribution is 2.38. The molecule has 2 saturated heterocycles. The van der Waals surface area contributed by atoms with Crippen LogP contribution in [0.25, 0.3) is 17.0 Å². The summed E-state index contributed by atoms with van der Waals surface area (Å²) < 4.78 is 19.5. The van der Waals surface area contributed by atoms with Gasteiger partial charge in [-0.2, -0.15) is 0 Å². The minimum atomic E-state index is -0.743. The summed E-state index contributed by atoms with van der Waals surface area (Å²) >= 11 is 0. The zero-order valence-electron chi connectivity index (χ0n) is 26.1. The van der Waals surface area contributed by atoms with Gasteiger partial charge in [0.1, 0.15) is 22.7 Å². The Morgan fingerprint density at radius 3 is 2.57 bits per heavy atom. The first-order chi connectivity index (χ1) is 21.2. The Hall–Kier alpha value is -4.29. The van der Waals surface area contributed by atoms with Gasteiger partial charge in [0.25, 0.3) is 0 Å². The highest BCUT2D eigenvalue weighted by Gasteiger charge is 2.32. The maximum absolute atomic E-state index is 14.0. The zero-order chi connectivity index (χ0) is 30.8. The highest BCUT2D eigenvalue weighted by atomic mass is 16.6. The number of anilines is 3. The van der Waals surface area contributed by atoms with E-state index in [0.29, 0.717) is 46.9 Å². The predicted octanol–water partition coefficient (Wildman–Crippen LogP) is 4.88. The molecule has 1 amide bonds. The largest absolute Gasteiger partial charge is 0.491 e. The van der Waals surface area contributed by atoms with E-state index in [0.717, 1.165) is 57.2 Å². The number of hydrogen-bond acceptors (Lipinski definition) is 10. The minimum absolute atomic E-state index is 0.315. The maximum atomic E-state index is 14.0. The van der Waals surface area contributed by atoms with E-state index in [-0.39, 0.29) is 0 Å². The van der Waals surface area contributed by atoms with Crippen LogP contribution in [0.4, 0.5) is 22.0 Å². The van der Waals surface area contributed by atoms with Crippen molar-refractivity contribution < 1.29 is 19.0 Å².